The second kappa shape index (κ2) is 6.12. The lowest BCUT2D eigenvalue weighted by atomic mass is 10.1. The van der Waals surface area contributed by atoms with E-state index in [1.807, 2.05) is 35.0 Å². The van der Waals surface area contributed by atoms with Crippen LogP contribution < -0.4 is 5.32 Å². The number of benzene rings is 1. The van der Waals surface area contributed by atoms with E-state index in [2.05, 4.69) is 51.6 Å². The predicted octanol–water partition coefficient (Wildman–Crippen LogP) is 3.71. The van der Waals surface area contributed by atoms with Crippen LogP contribution in [0.15, 0.2) is 67.1 Å². The number of aryl methyl sites for hydroxylation is 1. The molecule has 0 unspecified atom stereocenters. The Morgan fingerprint density at radius 1 is 1.00 bits per heavy atom. The smallest absolute Gasteiger partial charge is 0.154 e. The van der Waals surface area contributed by atoms with E-state index in [1.54, 1.807) is 12.4 Å². The van der Waals surface area contributed by atoms with Crippen LogP contribution in [-0.2, 0) is 6.54 Å². The molecule has 0 saturated heterocycles. The molecular weight excluding hydrogens is 298 g/mol. The summed E-state index contributed by atoms with van der Waals surface area (Å²) in [5, 5.41) is 8.07. The number of anilines is 1. The zero-order valence-corrected chi connectivity index (χ0v) is 13.3. The topological polar surface area (TPSA) is 55.1 Å². The molecule has 1 aromatic carbocycles. The number of hydrogen-bond acceptors (Lipinski definition) is 4. The van der Waals surface area contributed by atoms with E-state index < -0.39 is 0 Å². The van der Waals surface area contributed by atoms with Crippen molar-refractivity contribution in [2.75, 3.05) is 5.32 Å². The molecule has 5 nitrogen and oxygen atoms in total. The molecular formula is C19H17N5. The highest BCUT2D eigenvalue weighted by Gasteiger charge is 2.08. The number of imidazole rings is 1. The summed E-state index contributed by atoms with van der Waals surface area (Å²) in [6.45, 7) is 2.86. The molecule has 118 valence electrons. The average molecular weight is 315 g/mol. The molecule has 0 spiro atoms. The molecule has 0 amide bonds. The summed E-state index contributed by atoms with van der Waals surface area (Å²) in [5.41, 5.74) is 5.35. The van der Waals surface area contributed by atoms with Gasteiger partial charge in [-0.15, -0.1) is 5.10 Å². The van der Waals surface area contributed by atoms with Gasteiger partial charge in [-0.1, -0.05) is 24.3 Å². The zero-order chi connectivity index (χ0) is 16.4. The first-order valence-corrected chi connectivity index (χ1v) is 7.85. The third-order valence-corrected chi connectivity index (χ3v) is 4.06. The lowest BCUT2D eigenvalue weighted by Crippen LogP contribution is -2.05. The Kier molecular flexibility index (Phi) is 3.67. The van der Waals surface area contributed by atoms with Crippen LogP contribution in [0, 0.1) is 6.92 Å². The molecule has 4 rings (SSSR count). The van der Waals surface area contributed by atoms with Crippen LogP contribution in [0.25, 0.3) is 16.9 Å². The van der Waals surface area contributed by atoms with Gasteiger partial charge in [0, 0.05) is 24.5 Å². The first-order chi connectivity index (χ1) is 11.8. The third-order valence-electron chi connectivity index (χ3n) is 4.06. The van der Waals surface area contributed by atoms with Gasteiger partial charge in [-0.3, -0.25) is 4.98 Å². The Labute approximate surface area is 140 Å². The van der Waals surface area contributed by atoms with Crippen LogP contribution in [0.2, 0.25) is 0 Å². The van der Waals surface area contributed by atoms with Gasteiger partial charge in [-0.25, -0.2) is 9.50 Å². The summed E-state index contributed by atoms with van der Waals surface area (Å²) in [7, 11) is 0. The van der Waals surface area contributed by atoms with Gasteiger partial charge >= 0.3 is 0 Å². The van der Waals surface area contributed by atoms with E-state index in [1.165, 1.54) is 11.1 Å². The molecule has 0 atom stereocenters. The van der Waals surface area contributed by atoms with E-state index in [4.69, 9.17) is 0 Å². The van der Waals surface area contributed by atoms with Gasteiger partial charge in [0.05, 0.1) is 11.9 Å². The lowest BCUT2D eigenvalue weighted by molar-refractivity contribution is 0.929. The summed E-state index contributed by atoms with van der Waals surface area (Å²) in [4.78, 5) is 8.48. The molecule has 0 aliphatic rings. The highest BCUT2D eigenvalue weighted by Crippen LogP contribution is 2.20. The SMILES string of the molecule is Cc1ccccc1CNc1ccc2ncc(-c3ccncc3)n2n1. The maximum atomic E-state index is 4.68. The monoisotopic (exact) mass is 315 g/mol. The minimum Gasteiger partial charge on any atom is -0.365 e. The highest BCUT2D eigenvalue weighted by molar-refractivity contribution is 5.63. The highest BCUT2D eigenvalue weighted by atomic mass is 15.3. The normalized spacial score (nSPS) is 10.9. The molecule has 3 heterocycles. The van der Waals surface area contributed by atoms with E-state index in [0.29, 0.717) is 0 Å². The molecule has 0 aliphatic heterocycles. The van der Waals surface area contributed by atoms with E-state index in [-0.39, 0.29) is 0 Å². The average Bonchev–Trinajstić information content (AvgIpc) is 3.05. The van der Waals surface area contributed by atoms with Gasteiger partial charge < -0.3 is 5.32 Å². The van der Waals surface area contributed by atoms with Crippen molar-refractivity contribution in [3.05, 3.63) is 78.2 Å². The maximum Gasteiger partial charge on any atom is 0.154 e. The Morgan fingerprint density at radius 3 is 2.67 bits per heavy atom. The van der Waals surface area contributed by atoms with Gasteiger partial charge in [0.15, 0.2) is 5.65 Å². The largest absolute Gasteiger partial charge is 0.365 e. The maximum absolute atomic E-state index is 4.68. The van der Waals surface area contributed by atoms with E-state index in [9.17, 15) is 0 Å². The summed E-state index contributed by atoms with van der Waals surface area (Å²) < 4.78 is 1.86. The summed E-state index contributed by atoms with van der Waals surface area (Å²) >= 11 is 0. The van der Waals surface area contributed by atoms with Crippen LogP contribution in [-0.4, -0.2) is 19.6 Å². The fourth-order valence-electron chi connectivity index (χ4n) is 2.68. The minimum atomic E-state index is 0.741. The standard InChI is InChI=1S/C19H17N5/c1-14-4-2-3-5-16(14)12-21-18-6-7-19-22-13-17(24(19)23-18)15-8-10-20-11-9-15/h2-11,13H,12H2,1H3,(H,21,23). The number of pyridine rings is 1. The quantitative estimate of drug-likeness (QED) is 0.624. The van der Waals surface area contributed by atoms with Crippen LogP contribution >= 0.6 is 0 Å². The van der Waals surface area contributed by atoms with Crippen molar-refractivity contribution in [1.82, 2.24) is 19.6 Å². The van der Waals surface area contributed by atoms with Crippen molar-refractivity contribution in [2.45, 2.75) is 13.5 Å². The van der Waals surface area contributed by atoms with Gasteiger partial charge in [0.1, 0.15) is 5.82 Å². The van der Waals surface area contributed by atoms with Crippen LogP contribution in [0.3, 0.4) is 0 Å². The van der Waals surface area contributed by atoms with Crippen LogP contribution in [0.5, 0.6) is 0 Å². The molecule has 0 saturated carbocycles. The van der Waals surface area contributed by atoms with Crippen molar-refractivity contribution in [2.24, 2.45) is 0 Å². The Bertz CT molecular complexity index is 975. The molecule has 0 radical (unpaired) electrons. The third kappa shape index (κ3) is 2.72. The molecule has 5 heteroatoms. The number of fused-ring (bicyclic) bond motifs is 1. The number of rotatable bonds is 4. The molecule has 0 aliphatic carbocycles. The van der Waals surface area contributed by atoms with Gasteiger partial charge in [0.2, 0.25) is 0 Å². The van der Waals surface area contributed by atoms with Crippen molar-refractivity contribution < 1.29 is 0 Å². The first kappa shape index (κ1) is 14.4. The molecule has 1 N–H and O–H groups in total. The number of hydrogen-bond donors (Lipinski definition) is 1. The Morgan fingerprint density at radius 2 is 1.83 bits per heavy atom. The van der Waals surface area contributed by atoms with E-state index in [0.717, 1.165) is 29.3 Å². The molecule has 4 aromatic rings. The van der Waals surface area contributed by atoms with Crippen molar-refractivity contribution in [3.8, 4) is 11.3 Å². The number of nitrogens with one attached hydrogen (secondary N) is 1. The van der Waals surface area contributed by atoms with Gasteiger partial charge in [-0.2, -0.15) is 0 Å². The lowest BCUT2D eigenvalue weighted by Gasteiger charge is -2.09. The molecule has 0 fully saturated rings. The summed E-state index contributed by atoms with van der Waals surface area (Å²) in [5.74, 6) is 0.819. The van der Waals surface area contributed by atoms with E-state index >= 15 is 0 Å². The summed E-state index contributed by atoms with van der Waals surface area (Å²) in [6, 6.07) is 16.2. The fraction of sp³-hybridized carbons (Fsp3) is 0.105. The number of nitrogens with zero attached hydrogens (tertiary/aromatic N) is 4. The number of aromatic nitrogens is 4. The van der Waals surface area contributed by atoms with Gasteiger partial charge in [0.25, 0.3) is 0 Å². The van der Waals surface area contributed by atoms with Gasteiger partial charge in [-0.05, 0) is 42.3 Å². The van der Waals surface area contributed by atoms with Crippen LogP contribution in [0.1, 0.15) is 11.1 Å². The Balaban J connectivity index is 1.64. The van der Waals surface area contributed by atoms with Crippen LogP contribution in [0.4, 0.5) is 5.82 Å². The fourth-order valence-corrected chi connectivity index (χ4v) is 2.68. The van der Waals surface area contributed by atoms with Crippen molar-refractivity contribution >= 4 is 11.5 Å². The molecule has 3 aromatic heterocycles. The zero-order valence-electron chi connectivity index (χ0n) is 13.3. The molecule has 0 bridgehead atoms. The Hall–Kier alpha value is -3.21. The predicted molar refractivity (Wildman–Crippen MR) is 94.7 cm³/mol. The minimum absolute atomic E-state index is 0.741. The van der Waals surface area contributed by atoms with Crippen molar-refractivity contribution in [3.63, 3.8) is 0 Å². The second-order valence-corrected chi connectivity index (χ2v) is 5.65. The first-order valence-electron chi connectivity index (χ1n) is 7.85. The van der Waals surface area contributed by atoms with Crippen molar-refractivity contribution in [1.29, 1.82) is 0 Å². The summed E-state index contributed by atoms with van der Waals surface area (Å²) in [6.07, 6.45) is 5.38. The molecule has 24 heavy (non-hydrogen) atoms. The second-order valence-electron chi connectivity index (χ2n) is 5.65.